The summed E-state index contributed by atoms with van der Waals surface area (Å²) in [6.45, 7) is 4.82. The minimum Gasteiger partial charge on any atom is -0.356 e. The largest absolute Gasteiger partial charge is 0.356 e. The lowest BCUT2D eigenvalue weighted by Crippen LogP contribution is -2.22. The first-order chi connectivity index (χ1) is 11.2. The van der Waals surface area contributed by atoms with Gasteiger partial charge in [0.15, 0.2) is 0 Å². The lowest BCUT2D eigenvalue weighted by atomic mass is 10.1. The van der Waals surface area contributed by atoms with Crippen molar-refractivity contribution >= 4 is 11.9 Å². The molecule has 2 aromatic rings. The predicted octanol–water partition coefficient (Wildman–Crippen LogP) is 2.62. The Hall–Kier alpha value is -2.20. The molecule has 0 atom stereocenters. The van der Waals surface area contributed by atoms with Crippen LogP contribution in [0.1, 0.15) is 22.6 Å². The van der Waals surface area contributed by atoms with E-state index in [4.69, 9.17) is 4.98 Å². The summed E-state index contributed by atoms with van der Waals surface area (Å²) in [5, 5.41) is 3.44. The first kappa shape index (κ1) is 15.7. The van der Waals surface area contributed by atoms with Crippen LogP contribution in [-0.2, 0) is 12.8 Å². The first-order valence-electron chi connectivity index (χ1n) is 8.24. The maximum atomic E-state index is 4.71. The molecule has 4 heteroatoms. The van der Waals surface area contributed by atoms with Gasteiger partial charge in [0.05, 0.1) is 5.69 Å². The molecule has 1 aliphatic rings. The van der Waals surface area contributed by atoms with Crippen LogP contribution in [0.2, 0.25) is 0 Å². The summed E-state index contributed by atoms with van der Waals surface area (Å²) < 4.78 is 0. The van der Waals surface area contributed by atoms with E-state index in [1.807, 2.05) is 13.0 Å². The Labute approximate surface area is 138 Å². The summed E-state index contributed by atoms with van der Waals surface area (Å²) in [5.41, 5.74) is 3.73. The van der Waals surface area contributed by atoms with Gasteiger partial charge in [-0.25, -0.2) is 9.97 Å². The zero-order chi connectivity index (χ0) is 16.1. The van der Waals surface area contributed by atoms with Gasteiger partial charge in [-0.3, -0.25) is 0 Å². The highest BCUT2D eigenvalue weighted by Crippen LogP contribution is 2.22. The van der Waals surface area contributed by atoms with Crippen molar-refractivity contribution in [3.63, 3.8) is 0 Å². The second-order valence-electron chi connectivity index (χ2n) is 5.96. The van der Waals surface area contributed by atoms with Crippen LogP contribution in [0.25, 0.3) is 6.08 Å². The number of anilines is 1. The van der Waals surface area contributed by atoms with Gasteiger partial charge in [-0.15, -0.1) is 0 Å². The molecule has 0 amide bonds. The molecule has 1 aliphatic heterocycles. The molecule has 0 aliphatic carbocycles. The molecule has 0 bridgehead atoms. The topological polar surface area (TPSA) is 41.1 Å². The number of fused-ring (bicyclic) bond motifs is 1. The number of aromatic nitrogens is 2. The number of rotatable bonds is 4. The fourth-order valence-electron chi connectivity index (χ4n) is 2.96. The van der Waals surface area contributed by atoms with Gasteiger partial charge in [-0.05, 0) is 25.5 Å². The van der Waals surface area contributed by atoms with Crippen LogP contribution in [0.15, 0.2) is 36.4 Å². The molecule has 0 spiro atoms. The standard InChI is InChI=1S/C19H24N4/c1-15-21-18-11-13-20-12-10-17(18)19(22-15)23(2)14-6-9-16-7-4-3-5-8-16/h3-9,20H,10-14H2,1-2H3/b9-6+. The van der Waals surface area contributed by atoms with Crippen molar-refractivity contribution in [1.29, 1.82) is 0 Å². The Kier molecular flexibility index (Phi) is 5.03. The summed E-state index contributed by atoms with van der Waals surface area (Å²) in [4.78, 5) is 11.6. The van der Waals surface area contributed by atoms with Crippen LogP contribution in [0, 0.1) is 6.92 Å². The van der Waals surface area contributed by atoms with Gasteiger partial charge >= 0.3 is 0 Å². The first-order valence-corrected chi connectivity index (χ1v) is 8.24. The van der Waals surface area contributed by atoms with Crippen molar-refractivity contribution in [3.05, 3.63) is 59.1 Å². The second-order valence-corrected chi connectivity index (χ2v) is 5.96. The Morgan fingerprint density at radius 2 is 1.91 bits per heavy atom. The number of nitrogens with one attached hydrogen (secondary N) is 1. The van der Waals surface area contributed by atoms with E-state index < -0.39 is 0 Å². The van der Waals surface area contributed by atoms with E-state index in [9.17, 15) is 0 Å². The molecule has 0 saturated carbocycles. The van der Waals surface area contributed by atoms with Gasteiger partial charge in [-0.1, -0.05) is 42.5 Å². The third kappa shape index (κ3) is 3.96. The minimum atomic E-state index is 0.839. The number of hydrogen-bond donors (Lipinski definition) is 1. The van der Waals surface area contributed by atoms with E-state index in [-0.39, 0.29) is 0 Å². The van der Waals surface area contributed by atoms with Gasteiger partial charge in [-0.2, -0.15) is 0 Å². The molecule has 0 radical (unpaired) electrons. The van der Waals surface area contributed by atoms with Gasteiger partial charge in [0.2, 0.25) is 0 Å². The number of nitrogens with zero attached hydrogens (tertiary/aromatic N) is 3. The third-order valence-corrected chi connectivity index (χ3v) is 4.12. The number of aryl methyl sites for hydroxylation is 1. The van der Waals surface area contributed by atoms with Crippen LogP contribution in [0.3, 0.4) is 0 Å². The van der Waals surface area contributed by atoms with Crippen LogP contribution in [-0.4, -0.2) is 36.6 Å². The van der Waals surface area contributed by atoms with Crippen LogP contribution >= 0.6 is 0 Å². The summed E-state index contributed by atoms with van der Waals surface area (Å²) in [5.74, 6) is 1.94. The zero-order valence-corrected chi connectivity index (χ0v) is 13.9. The van der Waals surface area contributed by atoms with Gasteiger partial charge in [0.25, 0.3) is 0 Å². The van der Waals surface area contributed by atoms with Crippen LogP contribution in [0.5, 0.6) is 0 Å². The number of hydrogen-bond acceptors (Lipinski definition) is 4. The van der Waals surface area contributed by atoms with Crippen molar-refractivity contribution in [3.8, 4) is 0 Å². The van der Waals surface area contributed by atoms with Crippen molar-refractivity contribution < 1.29 is 0 Å². The molecule has 120 valence electrons. The Bertz CT molecular complexity index is 679. The Morgan fingerprint density at radius 3 is 2.74 bits per heavy atom. The maximum Gasteiger partial charge on any atom is 0.135 e. The smallest absolute Gasteiger partial charge is 0.135 e. The molecule has 0 fully saturated rings. The quantitative estimate of drug-likeness (QED) is 0.943. The molecule has 2 heterocycles. The molecule has 1 N–H and O–H groups in total. The Balaban J connectivity index is 1.78. The van der Waals surface area contributed by atoms with Gasteiger partial charge < -0.3 is 10.2 Å². The van der Waals surface area contributed by atoms with Crippen molar-refractivity contribution in [2.45, 2.75) is 19.8 Å². The highest BCUT2D eigenvalue weighted by atomic mass is 15.2. The summed E-state index contributed by atoms with van der Waals surface area (Å²) in [6, 6.07) is 10.4. The summed E-state index contributed by atoms with van der Waals surface area (Å²) in [6.07, 6.45) is 6.33. The molecule has 23 heavy (non-hydrogen) atoms. The van der Waals surface area contributed by atoms with Crippen molar-refractivity contribution in [1.82, 2.24) is 15.3 Å². The van der Waals surface area contributed by atoms with Crippen molar-refractivity contribution in [2.75, 3.05) is 31.6 Å². The number of likely N-dealkylation sites (N-methyl/N-ethyl adjacent to an activating group) is 1. The molecular weight excluding hydrogens is 284 g/mol. The monoisotopic (exact) mass is 308 g/mol. The molecule has 0 saturated heterocycles. The molecule has 0 unspecified atom stereocenters. The molecule has 1 aromatic heterocycles. The van der Waals surface area contributed by atoms with E-state index in [0.717, 1.165) is 44.1 Å². The summed E-state index contributed by atoms with van der Waals surface area (Å²) in [7, 11) is 2.11. The van der Waals surface area contributed by atoms with Crippen LogP contribution < -0.4 is 10.2 Å². The minimum absolute atomic E-state index is 0.839. The highest BCUT2D eigenvalue weighted by Gasteiger charge is 2.17. The van der Waals surface area contributed by atoms with E-state index >= 15 is 0 Å². The van der Waals surface area contributed by atoms with E-state index in [0.29, 0.717) is 0 Å². The van der Waals surface area contributed by atoms with Gasteiger partial charge in [0.1, 0.15) is 11.6 Å². The fraction of sp³-hybridized carbons (Fsp3) is 0.368. The summed E-state index contributed by atoms with van der Waals surface area (Å²) >= 11 is 0. The molecule has 1 aromatic carbocycles. The maximum absolute atomic E-state index is 4.71. The fourth-order valence-corrected chi connectivity index (χ4v) is 2.96. The Morgan fingerprint density at radius 1 is 1.13 bits per heavy atom. The molecular formula is C19H24N4. The highest BCUT2D eigenvalue weighted by molar-refractivity contribution is 5.53. The van der Waals surface area contributed by atoms with Crippen LogP contribution in [0.4, 0.5) is 5.82 Å². The van der Waals surface area contributed by atoms with E-state index in [1.54, 1.807) is 0 Å². The third-order valence-electron chi connectivity index (χ3n) is 4.12. The zero-order valence-electron chi connectivity index (χ0n) is 13.9. The van der Waals surface area contributed by atoms with Crippen molar-refractivity contribution in [2.24, 2.45) is 0 Å². The normalized spacial score (nSPS) is 14.5. The SMILES string of the molecule is Cc1nc2c(c(N(C)C/C=C/c3ccccc3)n1)CCNCC2. The predicted molar refractivity (Wildman–Crippen MR) is 95.8 cm³/mol. The van der Waals surface area contributed by atoms with Gasteiger partial charge in [0, 0.05) is 32.1 Å². The lowest BCUT2D eigenvalue weighted by Gasteiger charge is -2.21. The average Bonchev–Trinajstić information content (AvgIpc) is 2.80. The molecule has 3 rings (SSSR count). The average molecular weight is 308 g/mol. The molecule has 4 nitrogen and oxygen atoms in total. The number of benzene rings is 1. The van der Waals surface area contributed by atoms with E-state index in [2.05, 4.69) is 58.7 Å². The lowest BCUT2D eigenvalue weighted by molar-refractivity contribution is 0.708. The second kappa shape index (κ2) is 7.38. The van der Waals surface area contributed by atoms with E-state index in [1.165, 1.54) is 16.8 Å².